The highest BCUT2D eigenvalue weighted by Crippen LogP contribution is 2.12. The second-order valence-electron chi connectivity index (χ2n) is 5.89. The molecule has 136 valence electrons. The lowest BCUT2D eigenvalue weighted by Gasteiger charge is -2.15. The van der Waals surface area contributed by atoms with Crippen molar-refractivity contribution >= 4 is 35.8 Å². The molecule has 1 amide bonds. The van der Waals surface area contributed by atoms with Gasteiger partial charge in [0.15, 0.2) is 5.96 Å². The van der Waals surface area contributed by atoms with Crippen LogP contribution >= 0.6 is 24.0 Å². The number of hydrogen-bond donors (Lipinski definition) is 2. The third-order valence-corrected chi connectivity index (χ3v) is 3.52. The van der Waals surface area contributed by atoms with Crippen LogP contribution < -0.4 is 10.6 Å². The second kappa shape index (κ2) is 10.3. The Kier molecular flexibility index (Phi) is 9.64. The molecular formula is C16H29IN6O. The number of likely N-dealkylation sites (N-methyl/N-ethyl adjacent to an activating group) is 1. The maximum absolute atomic E-state index is 11.7. The zero-order valence-corrected chi connectivity index (χ0v) is 17.8. The quantitative estimate of drug-likeness (QED) is 0.298. The first-order valence-corrected chi connectivity index (χ1v) is 7.58. The summed E-state index contributed by atoms with van der Waals surface area (Å²) in [6.07, 6.45) is 0. The molecule has 1 aromatic rings. The van der Waals surface area contributed by atoms with Crippen molar-refractivity contribution in [3.8, 4) is 0 Å². The highest BCUT2D eigenvalue weighted by molar-refractivity contribution is 14.0. The number of aryl methyl sites for hydroxylation is 2. The Morgan fingerprint density at radius 1 is 1.29 bits per heavy atom. The minimum Gasteiger partial charge on any atom is -0.353 e. The summed E-state index contributed by atoms with van der Waals surface area (Å²) in [4.78, 5) is 17.8. The van der Waals surface area contributed by atoms with Crippen LogP contribution in [-0.2, 0) is 18.4 Å². The van der Waals surface area contributed by atoms with E-state index in [1.807, 2.05) is 32.5 Å². The van der Waals surface area contributed by atoms with Gasteiger partial charge in [-0.15, -0.1) is 24.0 Å². The van der Waals surface area contributed by atoms with Crippen molar-refractivity contribution in [3.05, 3.63) is 29.1 Å². The number of guanidine groups is 1. The molecule has 0 atom stereocenters. The van der Waals surface area contributed by atoms with Crippen molar-refractivity contribution in [1.29, 1.82) is 0 Å². The van der Waals surface area contributed by atoms with Gasteiger partial charge < -0.3 is 15.5 Å². The van der Waals surface area contributed by atoms with Gasteiger partial charge in [0.05, 0.1) is 18.8 Å². The van der Waals surface area contributed by atoms with Crippen LogP contribution in [0.5, 0.6) is 0 Å². The monoisotopic (exact) mass is 448 g/mol. The summed E-state index contributed by atoms with van der Waals surface area (Å²) in [7, 11) is 5.37. The summed E-state index contributed by atoms with van der Waals surface area (Å²) in [6, 6.07) is 0. The molecule has 0 radical (unpaired) electrons. The smallest absolute Gasteiger partial charge is 0.241 e. The molecule has 0 saturated heterocycles. The predicted molar refractivity (Wildman–Crippen MR) is 109 cm³/mol. The Hall–Kier alpha value is -1.58. The number of carbonyl (C=O) groups excluding carboxylic acids is 1. The third-order valence-electron chi connectivity index (χ3n) is 3.52. The Bertz CT molecular complexity index is 606. The van der Waals surface area contributed by atoms with Gasteiger partial charge in [-0.1, -0.05) is 12.2 Å². The van der Waals surface area contributed by atoms with Crippen LogP contribution in [0, 0.1) is 13.8 Å². The number of aromatic nitrogens is 2. The number of nitrogens with zero attached hydrogens (tertiary/aromatic N) is 4. The van der Waals surface area contributed by atoms with Gasteiger partial charge in [0.2, 0.25) is 5.91 Å². The fourth-order valence-electron chi connectivity index (χ4n) is 1.93. The van der Waals surface area contributed by atoms with Gasteiger partial charge in [-0.25, -0.2) is 4.99 Å². The molecule has 1 heterocycles. The number of halogens is 1. The number of carbonyl (C=O) groups is 1. The second-order valence-corrected chi connectivity index (χ2v) is 5.89. The maximum atomic E-state index is 11.7. The molecule has 1 aromatic heterocycles. The summed E-state index contributed by atoms with van der Waals surface area (Å²) in [5.74, 6) is 0.578. The van der Waals surface area contributed by atoms with Gasteiger partial charge in [-0.2, -0.15) is 5.10 Å². The Balaban J connectivity index is 0.00000529. The van der Waals surface area contributed by atoms with Crippen molar-refractivity contribution in [2.24, 2.45) is 12.0 Å². The molecule has 0 aliphatic heterocycles. The van der Waals surface area contributed by atoms with E-state index < -0.39 is 0 Å². The summed E-state index contributed by atoms with van der Waals surface area (Å²) in [6.45, 7) is 11.1. The molecule has 1 rings (SSSR count). The Morgan fingerprint density at radius 3 is 2.33 bits per heavy atom. The van der Waals surface area contributed by atoms with Gasteiger partial charge in [-0.05, 0) is 20.8 Å². The van der Waals surface area contributed by atoms with Crippen LogP contribution in [0.4, 0.5) is 0 Å². The van der Waals surface area contributed by atoms with E-state index in [9.17, 15) is 4.79 Å². The summed E-state index contributed by atoms with van der Waals surface area (Å²) in [5.41, 5.74) is 4.15. The summed E-state index contributed by atoms with van der Waals surface area (Å²) >= 11 is 0. The predicted octanol–water partition coefficient (Wildman–Crippen LogP) is 1.35. The van der Waals surface area contributed by atoms with Crippen molar-refractivity contribution in [3.63, 3.8) is 0 Å². The van der Waals surface area contributed by atoms with Crippen LogP contribution in [0.2, 0.25) is 0 Å². The number of hydrogen-bond acceptors (Lipinski definition) is 3. The van der Waals surface area contributed by atoms with Gasteiger partial charge in [0.1, 0.15) is 0 Å². The Labute approximate surface area is 161 Å². The van der Waals surface area contributed by atoms with Crippen LogP contribution in [0.1, 0.15) is 23.9 Å². The molecule has 0 spiro atoms. The van der Waals surface area contributed by atoms with E-state index in [0.29, 0.717) is 19.0 Å². The minimum atomic E-state index is -0.0106. The zero-order chi connectivity index (χ0) is 17.6. The standard InChI is InChI=1S/C16H28N6O.HI/c1-11(2)8-17-16(19-10-15(23)21(5)6)18-9-14-12(3)20-22(7)13(14)4;/h1,8-10H2,2-7H3,(H2,17,18,19);1H. The maximum Gasteiger partial charge on any atom is 0.241 e. The van der Waals surface area contributed by atoms with Crippen molar-refractivity contribution < 1.29 is 4.79 Å². The average molecular weight is 448 g/mol. The average Bonchev–Trinajstić information content (AvgIpc) is 2.71. The molecule has 24 heavy (non-hydrogen) atoms. The lowest BCUT2D eigenvalue weighted by Crippen LogP contribution is -2.43. The summed E-state index contributed by atoms with van der Waals surface area (Å²) in [5, 5.41) is 10.6. The zero-order valence-electron chi connectivity index (χ0n) is 15.4. The largest absolute Gasteiger partial charge is 0.353 e. The first kappa shape index (κ1) is 22.4. The molecule has 0 fully saturated rings. The molecular weight excluding hydrogens is 419 g/mol. The molecule has 7 nitrogen and oxygen atoms in total. The number of aliphatic imine (C=N–C) groups is 1. The van der Waals surface area contributed by atoms with E-state index in [4.69, 9.17) is 0 Å². The van der Waals surface area contributed by atoms with Gasteiger partial charge in [0, 0.05) is 38.9 Å². The lowest BCUT2D eigenvalue weighted by molar-refractivity contribution is -0.127. The lowest BCUT2D eigenvalue weighted by atomic mass is 10.2. The molecule has 0 saturated carbocycles. The van der Waals surface area contributed by atoms with Crippen molar-refractivity contribution in [1.82, 2.24) is 25.3 Å². The van der Waals surface area contributed by atoms with E-state index in [2.05, 4.69) is 27.3 Å². The van der Waals surface area contributed by atoms with Crippen LogP contribution in [0.3, 0.4) is 0 Å². The third kappa shape index (κ3) is 6.90. The Morgan fingerprint density at radius 2 is 1.88 bits per heavy atom. The molecule has 0 unspecified atom stereocenters. The van der Waals surface area contributed by atoms with Gasteiger partial charge in [-0.3, -0.25) is 9.48 Å². The van der Waals surface area contributed by atoms with E-state index in [1.54, 1.807) is 19.0 Å². The van der Waals surface area contributed by atoms with Gasteiger partial charge in [0.25, 0.3) is 0 Å². The highest BCUT2D eigenvalue weighted by atomic mass is 127. The first-order valence-electron chi connectivity index (χ1n) is 7.58. The summed E-state index contributed by atoms with van der Waals surface area (Å²) < 4.78 is 1.85. The number of nitrogens with one attached hydrogen (secondary N) is 2. The molecule has 2 N–H and O–H groups in total. The van der Waals surface area contributed by atoms with E-state index >= 15 is 0 Å². The molecule has 0 aliphatic carbocycles. The highest BCUT2D eigenvalue weighted by Gasteiger charge is 2.10. The minimum absolute atomic E-state index is 0. The van der Waals surface area contributed by atoms with Crippen LogP contribution in [-0.4, -0.2) is 53.7 Å². The van der Waals surface area contributed by atoms with Crippen LogP contribution in [0.25, 0.3) is 0 Å². The molecule has 0 aliphatic rings. The molecule has 0 aromatic carbocycles. The molecule has 8 heteroatoms. The normalized spacial score (nSPS) is 10.8. The number of rotatable bonds is 6. The fourth-order valence-corrected chi connectivity index (χ4v) is 1.93. The number of amides is 1. The van der Waals surface area contributed by atoms with Crippen molar-refractivity contribution in [2.75, 3.05) is 27.2 Å². The van der Waals surface area contributed by atoms with Gasteiger partial charge >= 0.3 is 0 Å². The van der Waals surface area contributed by atoms with E-state index in [1.165, 1.54) is 0 Å². The van der Waals surface area contributed by atoms with Crippen molar-refractivity contribution in [2.45, 2.75) is 27.3 Å². The topological polar surface area (TPSA) is 74.5 Å². The van der Waals surface area contributed by atoms with E-state index in [-0.39, 0.29) is 36.4 Å². The molecule has 0 bridgehead atoms. The SMILES string of the molecule is C=C(C)CNC(=NCc1c(C)nn(C)c1C)NCC(=O)N(C)C.I. The fraction of sp³-hybridized carbons (Fsp3) is 0.562. The first-order chi connectivity index (χ1) is 10.7. The van der Waals surface area contributed by atoms with E-state index in [0.717, 1.165) is 22.5 Å². The van der Waals surface area contributed by atoms with Crippen LogP contribution in [0.15, 0.2) is 17.1 Å².